The number of amides is 1. The van der Waals surface area contributed by atoms with E-state index < -0.39 is 20.0 Å². The van der Waals surface area contributed by atoms with E-state index in [1.54, 1.807) is 0 Å². The summed E-state index contributed by atoms with van der Waals surface area (Å²) in [4.78, 5) is 23.1. The Hall–Kier alpha value is -1.80. The molecule has 0 bridgehead atoms. The van der Waals surface area contributed by atoms with Gasteiger partial charge in [-0.3, -0.25) is 13.8 Å². The fourth-order valence-electron chi connectivity index (χ4n) is 7.78. The van der Waals surface area contributed by atoms with Gasteiger partial charge in [-0.15, -0.1) is 0 Å². The van der Waals surface area contributed by atoms with Gasteiger partial charge in [0.15, 0.2) is 0 Å². The third kappa shape index (κ3) is 49.9. The highest BCUT2D eigenvalue weighted by atomic mass is 31.2. The number of carbonyl (C=O) groups is 1. The van der Waals surface area contributed by atoms with Crippen LogP contribution in [0, 0.1) is 0 Å². The zero-order chi connectivity index (χ0) is 47.8. The summed E-state index contributed by atoms with van der Waals surface area (Å²) >= 11 is 0. The Kier molecular flexibility index (Phi) is 46.0. The largest absolute Gasteiger partial charge is 0.472 e. The lowest BCUT2D eigenvalue weighted by Gasteiger charge is -2.26. The van der Waals surface area contributed by atoms with Gasteiger partial charge in [-0.05, 0) is 57.8 Å². The lowest BCUT2D eigenvalue weighted by Crippen LogP contribution is -2.46. The van der Waals surface area contributed by atoms with Gasteiger partial charge in [0.05, 0.1) is 39.9 Å². The third-order valence-electron chi connectivity index (χ3n) is 12.0. The summed E-state index contributed by atoms with van der Waals surface area (Å²) in [6.07, 6.45) is 63.0. The molecule has 9 heteroatoms. The molecule has 0 aliphatic rings. The number of rotatable bonds is 49. The van der Waals surface area contributed by atoms with Gasteiger partial charge in [0.25, 0.3) is 0 Å². The summed E-state index contributed by atoms with van der Waals surface area (Å²) in [6.45, 7) is 4.74. The maximum atomic E-state index is 12.9. The van der Waals surface area contributed by atoms with E-state index in [2.05, 4.69) is 79.9 Å². The van der Waals surface area contributed by atoms with Crippen molar-refractivity contribution >= 4 is 13.7 Å². The first kappa shape index (κ1) is 63.2. The van der Waals surface area contributed by atoms with Gasteiger partial charge in [-0.2, -0.15) is 0 Å². The summed E-state index contributed by atoms with van der Waals surface area (Å²) in [6, 6.07) is -0.758. The zero-order valence-electron chi connectivity index (χ0n) is 43.2. The van der Waals surface area contributed by atoms with Crippen molar-refractivity contribution in [2.75, 3.05) is 40.9 Å². The maximum absolute atomic E-state index is 12.9. The Balaban J connectivity index is 3.87. The third-order valence-corrected chi connectivity index (χ3v) is 13.0. The van der Waals surface area contributed by atoms with E-state index in [4.69, 9.17) is 9.05 Å². The highest BCUT2D eigenvalue weighted by Gasteiger charge is 2.28. The quantitative estimate of drug-likeness (QED) is 0.0243. The molecule has 3 unspecified atom stereocenters. The second-order valence-corrected chi connectivity index (χ2v) is 21.0. The topological polar surface area (TPSA) is 105 Å². The van der Waals surface area contributed by atoms with E-state index in [9.17, 15) is 19.4 Å². The molecule has 0 aliphatic heterocycles. The van der Waals surface area contributed by atoms with Gasteiger partial charge in [0, 0.05) is 6.42 Å². The van der Waals surface area contributed by atoms with Crippen molar-refractivity contribution in [3.8, 4) is 0 Å². The monoisotopic (exact) mass is 934 g/mol. The van der Waals surface area contributed by atoms with E-state index >= 15 is 0 Å². The first-order valence-electron chi connectivity index (χ1n) is 27.2. The van der Waals surface area contributed by atoms with Crippen LogP contribution in [-0.2, 0) is 18.4 Å². The van der Waals surface area contributed by atoms with Gasteiger partial charge in [-0.25, -0.2) is 4.57 Å². The molecule has 0 aliphatic carbocycles. The Bertz CT molecular complexity index is 1240. The summed E-state index contributed by atoms with van der Waals surface area (Å²) < 4.78 is 23.6. The number of unbranched alkanes of at least 4 members (excludes halogenated alkanes) is 26. The highest BCUT2D eigenvalue weighted by molar-refractivity contribution is 7.47. The van der Waals surface area contributed by atoms with Crippen molar-refractivity contribution in [2.45, 2.75) is 251 Å². The fourth-order valence-corrected chi connectivity index (χ4v) is 8.52. The lowest BCUT2D eigenvalue weighted by atomic mass is 10.0. The molecular weight excluding hydrogens is 828 g/mol. The number of phosphoric ester groups is 1. The van der Waals surface area contributed by atoms with Crippen LogP contribution in [0.4, 0.5) is 0 Å². The van der Waals surface area contributed by atoms with E-state index in [1.807, 2.05) is 21.1 Å². The number of allylic oxidation sites excluding steroid dienone is 10. The second kappa shape index (κ2) is 47.3. The SMILES string of the molecule is CC/C=C\C/C=C\C/C=C\C/C=C\C/C=C\CCCCCCCCCCCCCCCCCCCCCC(=O)NC(COP(=O)(O)OCC[N+](C)(C)C)C(O)CCCCCCCCCC. The first-order valence-corrected chi connectivity index (χ1v) is 28.6. The average Bonchev–Trinajstić information content (AvgIpc) is 3.26. The maximum Gasteiger partial charge on any atom is 0.472 e. The van der Waals surface area contributed by atoms with Crippen molar-refractivity contribution < 1.29 is 32.9 Å². The smallest absolute Gasteiger partial charge is 0.391 e. The molecule has 0 aromatic carbocycles. The molecule has 8 nitrogen and oxygen atoms in total. The number of nitrogens with one attached hydrogen (secondary N) is 1. The van der Waals surface area contributed by atoms with Crippen LogP contribution in [0.1, 0.15) is 239 Å². The summed E-state index contributed by atoms with van der Waals surface area (Å²) in [5.41, 5.74) is 0. The number of phosphoric acid groups is 1. The predicted molar refractivity (Wildman–Crippen MR) is 281 cm³/mol. The fraction of sp³-hybridized carbons (Fsp3) is 0.804. The molecule has 0 aromatic rings. The number of hydrogen-bond donors (Lipinski definition) is 3. The number of likely N-dealkylation sites (N-methyl/N-ethyl adjacent to an activating group) is 1. The first-order chi connectivity index (χ1) is 31.5. The molecular formula is C56H106N2O6P+. The van der Waals surface area contributed by atoms with Gasteiger partial charge < -0.3 is 19.8 Å². The molecule has 0 heterocycles. The Morgan fingerprint density at radius 1 is 0.538 bits per heavy atom. The Morgan fingerprint density at radius 3 is 1.35 bits per heavy atom. The number of nitrogens with zero attached hydrogens (tertiary/aromatic N) is 1. The molecule has 0 saturated carbocycles. The second-order valence-electron chi connectivity index (χ2n) is 19.6. The van der Waals surface area contributed by atoms with Crippen molar-refractivity contribution in [3.63, 3.8) is 0 Å². The van der Waals surface area contributed by atoms with Crippen LogP contribution in [-0.4, -0.2) is 73.4 Å². The Labute approximate surface area is 402 Å². The minimum Gasteiger partial charge on any atom is -0.391 e. The van der Waals surface area contributed by atoms with Crippen LogP contribution >= 0.6 is 7.82 Å². The van der Waals surface area contributed by atoms with Crippen molar-refractivity contribution in [1.82, 2.24) is 5.32 Å². The molecule has 3 atom stereocenters. The molecule has 0 spiro atoms. The van der Waals surface area contributed by atoms with Crippen molar-refractivity contribution in [2.24, 2.45) is 0 Å². The number of aliphatic hydroxyl groups is 1. The van der Waals surface area contributed by atoms with Gasteiger partial charge >= 0.3 is 7.82 Å². The molecule has 65 heavy (non-hydrogen) atoms. The van der Waals surface area contributed by atoms with E-state index in [0.29, 0.717) is 23.9 Å². The molecule has 0 rings (SSSR count). The van der Waals surface area contributed by atoms with Gasteiger partial charge in [0.1, 0.15) is 13.2 Å². The van der Waals surface area contributed by atoms with E-state index in [0.717, 1.165) is 70.6 Å². The summed E-state index contributed by atoms with van der Waals surface area (Å²) in [5, 5.41) is 13.9. The molecule has 380 valence electrons. The summed E-state index contributed by atoms with van der Waals surface area (Å²) in [5.74, 6) is -0.147. The molecule has 0 aromatic heterocycles. The Morgan fingerprint density at radius 2 is 0.923 bits per heavy atom. The summed E-state index contributed by atoms with van der Waals surface area (Å²) in [7, 11) is 1.62. The van der Waals surface area contributed by atoms with Crippen LogP contribution < -0.4 is 5.32 Å². The number of quaternary nitrogens is 1. The van der Waals surface area contributed by atoms with Crippen LogP contribution in [0.5, 0.6) is 0 Å². The molecule has 0 radical (unpaired) electrons. The minimum atomic E-state index is -4.31. The lowest BCUT2D eigenvalue weighted by molar-refractivity contribution is -0.870. The molecule has 0 fully saturated rings. The zero-order valence-corrected chi connectivity index (χ0v) is 44.1. The average molecular weight is 934 g/mol. The van der Waals surface area contributed by atoms with Crippen LogP contribution in [0.2, 0.25) is 0 Å². The predicted octanol–water partition coefficient (Wildman–Crippen LogP) is 16.1. The van der Waals surface area contributed by atoms with Gasteiger partial charge in [-0.1, -0.05) is 235 Å². The van der Waals surface area contributed by atoms with Crippen LogP contribution in [0.25, 0.3) is 0 Å². The minimum absolute atomic E-state index is 0.0743. The standard InChI is InChI=1S/C56H105N2O6P/c1-6-8-10-12-14-16-17-18-19-20-21-22-23-24-25-26-27-28-29-30-31-32-33-34-35-36-37-38-39-40-41-42-44-46-48-50-56(60)57-54(53-64-65(61,62)63-52-51-58(3,4)5)55(59)49-47-45-43-15-13-11-9-7-2/h8,10,14,16,18-19,21-22,24-25,54-55,59H,6-7,9,11-13,15,17,20,23,26-53H2,1-5H3,(H-,57,60,61,62)/p+1/b10-8-,16-14-,19-18-,22-21-,25-24-. The van der Waals surface area contributed by atoms with E-state index in [1.165, 1.54) is 141 Å². The molecule has 3 N–H and O–H groups in total. The number of hydrogen-bond acceptors (Lipinski definition) is 5. The number of aliphatic hydroxyl groups excluding tert-OH is 1. The highest BCUT2D eigenvalue weighted by Crippen LogP contribution is 2.43. The normalized spacial score (nSPS) is 14.5. The molecule has 1 amide bonds. The van der Waals surface area contributed by atoms with Gasteiger partial charge in [0.2, 0.25) is 5.91 Å². The van der Waals surface area contributed by atoms with E-state index in [-0.39, 0.29) is 19.1 Å². The van der Waals surface area contributed by atoms with Crippen LogP contribution in [0.15, 0.2) is 60.8 Å². The van der Waals surface area contributed by atoms with Crippen LogP contribution in [0.3, 0.4) is 0 Å². The number of carbonyl (C=O) groups excluding carboxylic acids is 1. The molecule has 0 saturated heterocycles. The van der Waals surface area contributed by atoms with Crippen molar-refractivity contribution in [3.05, 3.63) is 60.8 Å². The van der Waals surface area contributed by atoms with Crippen molar-refractivity contribution in [1.29, 1.82) is 0 Å².